The van der Waals surface area contributed by atoms with E-state index in [0.717, 1.165) is 50.9 Å². The number of carbonyl (C=O) groups excluding carboxylic acids is 7. The second-order valence-electron chi connectivity index (χ2n) is 22.9. The molecule has 0 saturated carbocycles. The first-order valence-corrected chi connectivity index (χ1v) is 34.0. The number of aliphatic hydroxyl groups excluding tert-OH is 3. The van der Waals surface area contributed by atoms with Crippen LogP contribution in [0.1, 0.15) is 147 Å². The van der Waals surface area contributed by atoms with Gasteiger partial charge in [0.25, 0.3) is 0 Å². The fourth-order valence-corrected chi connectivity index (χ4v) is 12.3. The van der Waals surface area contributed by atoms with Crippen molar-refractivity contribution in [3.05, 3.63) is 108 Å². The number of amides is 7. The van der Waals surface area contributed by atoms with Gasteiger partial charge in [-0.25, -0.2) is 0 Å². The molecule has 16 N–H and O–H groups in total. The number of carbonyl (C=O) groups is 8. The van der Waals surface area contributed by atoms with Crippen molar-refractivity contribution in [3.63, 3.8) is 0 Å². The Morgan fingerprint density at radius 3 is 1.75 bits per heavy atom. The lowest BCUT2D eigenvalue weighted by molar-refractivity contribution is -0.137. The van der Waals surface area contributed by atoms with Gasteiger partial charge >= 0.3 is 5.97 Å². The SMILES string of the molecule is CC(O)[C@@H]1NC(=O)[C@H](CCCCN)NC(=O)[C@@H](Cc2c[nH]c3ccccc23)NC(=O)[C@H](Cc2ccccc2)NC(=O)[C@@H](NC(=O)[C@H](N)Cc2ccccc2)CSSC[C@@H](C(=O)N[C@H](CO)[C@@H](C)O)NC1=O.CCCCCCCCCCCCCCCC(=O)O. The summed E-state index contributed by atoms with van der Waals surface area (Å²) in [6, 6.07) is 14.6. The van der Waals surface area contributed by atoms with Gasteiger partial charge in [0.2, 0.25) is 41.4 Å². The molecule has 2 heterocycles. The Morgan fingerprint density at radius 1 is 0.629 bits per heavy atom. The predicted octanol–water partition coefficient (Wildman–Crippen LogP) is 4.75. The Morgan fingerprint density at radius 2 is 1.17 bits per heavy atom. The molecule has 7 amide bonds. The maximum Gasteiger partial charge on any atom is 0.303 e. The van der Waals surface area contributed by atoms with E-state index in [1.54, 1.807) is 60.8 Å². The lowest BCUT2D eigenvalue weighted by atomic mass is 10.0. The molecule has 0 aliphatic carbocycles. The number of aliphatic hydroxyl groups is 3. The summed E-state index contributed by atoms with van der Waals surface area (Å²) in [6.45, 7) is 4.49. The molecule has 1 aliphatic rings. The average molecular weight is 1280 g/mol. The summed E-state index contributed by atoms with van der Waals surface area (Å²) in [5.74, 6) is -6.66. The molecule has 1 unspecified atom stereocenters. The van der Waals surface area contributed by atoms with Crippen LogP contribution >= 0.6 is 21.6 Å². The first-order chi connectivity index (χ1) is 42.8. The number of carboxylic acids is 1. The Kier molecular flexibility index (Phi) is 35.7. The number of benzene rings is 3. The van der Waals surface area contributed by atoms with Crippen LogP contribution in [0.25, 0.3) is 10.9 Å². The third-order valence-corrected chi connectivity index (χ3v) is 17.8. The highest BCUT2D eigenvalue weighted by Gasteiger charge is 2.36. The predicted molar refractivity (Wildman–Crippen MR) is 350 cm³/mol. The number of fused-ring (bicyclic) bond motifs is 1. The Balaban J connectivity index is 0.000000811. The van der Waals surface area contributed by atoms with Crippen LogP contribution in [0.2, 0.25) is 0 Å². The zero-order valence-corrected chi connectivity index (χ0v) is 53.6. The van der Waals surface area contributed by atoms with Gasteiger partial charge in [-0.15, -0.1) is 0 Å². The van der Waals surface area contributed by atoms with Crippen LogP contribution in [0.15, 0.2) is 91.1 Å². The van der Waals surface area contributed by atoms with Crippen molar-refractivity contribution in [1.29, 1.82) is 0 Å². The molecule has 24 heteroatoms. The molecule has 3 aromatic carbocycles. The number of rotatable bonds is 31. The topological polar surface area (TPSA) is 370 Å². The molecule has 1 aliphatic heterocycles. The van der Waals surface area contributed by atoms with Crippen molar-refractivity contribution >= 4 is 79.8 Å². The molecule has 0 bridgehead atoms. The summed E-state index contributed by atoms with van der Waals surface area (Å²) in [6.07, 6.45) is 17.1. The van der Waals surface area contributed by atoms with Gasteiger partial charge in [0.05, 0.1) is 30.9 Å². The van der Waals surface area contributed by atoms with E-state index in [2.05, 4.69) is 49.1 Å². The molecular weight excluding hydrogens is 1180 g/mol. The van der Waals surface area contributed by atoms with Crippen LogP contribution in [0, 0.1) is 0 Å². The van der Waals surface area contributed by atoms with Crippen molar-refractivity contribution in [2.75, 3.05) is 24.7 Å². The van der Waals surface area contributed by atoms with Gasteiger partial charge in [0.1, 0.15) is 36.3 Å². The average Bonchev–Trinajstić information content (AvgIpc) is 2.86. The second-order valence-corrected chi connectivity index (χ2v) is 25.4. The molecule has 5 rings (SSSR count). The molecule has 1 saturated heterocycles. The first-order valence-electron chi connectivity index (χ1n) is 31.5. The van der Waals surface area contributed by atoms with E-state index in [9.17, 15) is 53.7 Å². The highest BCUT2D eigenvalue weighted by Crippen LogP contribution is 2.25. The second kappa shape index (κ2) is 42.4. The molecule has 492 valence electrons. The quantitative estimate of drug-likeness (QED) is 0.0239. The van der Waals surface area contributed by atoms with Gasteiger partial charge in [0.15, 0.2) is 0 Å². The van der Waals surface area contributed by atoms with E-state index in [-0.39, 0.29) is 43.7 Å². The summed E-state index contributed by atoms with van der Waals surface area (Å²) < 4.78 is 0. The van der Waals surface area contributed by atoms with Crippen LogP contribution in [-0.4, -0.2) is 158 Å². The fraction of sp³-hybridized carbons (Fsp3) is 0.569. The minimum atomic E-state index is -1.66. The summed E-state index contributed by atoms with van der Waals surface area (Å²) in [5.41, 5.74) is 15.0. The van der Waals surface area contributed by atoms with Crippen molar-refractivity contribution in [1.82, 2.24) is 42.2 Å². The molecule has 1 aromatic heterocycles. The molecule has 22 nitrogen and oxygen atoms in total. The maximum atomic E-state index is 14.7. The number of para-hydroxylation sites is 1. The van der Waals surface area contributed by atoms with Crippen LogP contribution in [0.5, 0.6) is 0 Å². The normalized spacial score (nSPS) is 20.4. The number of aromatic nitrogens is 1. The van der Waals surface area contributed by atoms with E-state index in [1.807, 2.05) is 30.3 Å². The van der Waals surface area contributed by atoms with Crippen LogP contribution < -0.4 is 48.7 Å². The van der Waals surface area contributed by atoms with Crippen LogP contribution in [0.4, 0.5) is 0 Å². The lowest BCUT2D eigenvalue weighted by Gasteiger charge is -2.29. The van der Waals surface area contributed by atoms with Gasteiger partial charge < -0.3 is 74.1 Å². The number of aliphatic carboxylic acids is 1. The van der Waals surface area contributed by atoms with Crippen molar-refractivity contribution in [3.8, 4) is 0 Å². The standard InChI is InChI=1S/C49H66N10O10S2.C16H32O2/c1-28(61)39(25-60)56-48(68)41-27-71-70-26-40(57-43(63)34(51)21-30-13-5-3-6-14-30)47(67)54-37(22-31-15-7-4-8-16-31)45(65)55-38(23-32-24-52-35-18-10-9-17-33(32)35)46(66)53-36(19-11-12-20-50)44(64)59-42(29(2)62)49(69)58-41;1-2-3-4-5-6-7-8-9-10-11-12-13-14-15-16(17)18/h3-10,13-18,24,28-29,34,36-42,52,60-62H,11-12,19-23,25-27,50-51H2,1-2H3,(H,53,66)(H,54,67)(H,55,65)(H,56,68)(H,57,63)(H,58,69)(H,59,64);2-15H2,1H3,(H,17,18)/t28-,29?,34-,36+,37+,38-,39-,40+,41+,42+;/m1./s1. The molecule has 1 fully saturated rings. The minimum Gasteiger partial charge on any atom is -0.481 e. The van der Waals surface area contributed by atoms with Gasteiger partial charge in [-0.1, -0.05) is 184 Å². The van der Waals surface area contributed by atoms with Crippen molar-refractivity contribution in [2.24, 2.45) is 11.5 Å². The largest absolute Gasteiger partial charge is 0.481 e. The smallest absolute Gasteiger partial charge is 0.303 e. The summed E-state index contributed by atoms with van der Waals surface area (Å²) in [7, 11) is 2.06. The number of nitrogens with two attached hydrogens (primary N) is 2. The van der Waals surface area contributed by atoms with Crippen molar-refractivity contribution in [2.45, 2.75) is 210 Å². The van der Waals surface area contributed by atoms with E-state index >= 15 is 0 Å². The van der Waals surface area contributed by atoms with Gasteiger partial charge in [-0.05, 0) is 75.3 Å². The van der Waals surface area contributed by atoms with E-state index in [0.29, 0.717) is 30.4 Å². The Labute approximate surface area is 532 Å². The number of carboxylic acid groups (broad SMARTS) is 1. The number of hydrogen-bond acceptors (Lipinski definition) is 15. The molecule has 4 aromatic rings. The van der Waals surface area contributed by atoms with Gasteiger partial charge in [-0.2, -0.15) is 0 Å². The van der Waals surface area contributed by atoms with E-state index < -0.39 is 114 Å². The number of H-pyrrole nitrogens is 1. The number of unbranched alkanes of at least 4 members (excludes halogenated alkanes) is 13. The van der Waals surface area contributed by atoms with E-state index in [1.165, 1.54) is 84.5 Å². The zero-order valence-electron chi connectivity index (χ0n) is 51.9. The van der Waals surface area contributed by atoms with Crippen molar-refractivity contribution < 1.29 is 58.8 Å². The maximum absolute atomic E-state index is 14.7. The molecular formula is C65H98N10O12S2. The molecule has 0 spiro atoms. The van der Waals surface area contributed by atoms with Gasteiger partial charge in [0, 0.05) is 47.9 Å². The molecule has 89 heavy (non-hydrogen) atoms. The highest BCUT2D eigenvalue weighted by atomic mass is 33.1. The fourth-order valence-electron chi connectivity index (χ4n) is 10.0. The minimum absolute atomic E-state index is 0.0340. The number of hydrogen-bond donors (Lipinski definition) is 14. The lowest BCUT2D eigenvalue weighted by Crippen LogP contribution is -2.62. The van der Waals surface area contributed by atoms with E-state index in [4.69, 9.17) is 16.6 Å². The first kappa shape index (κ1) is 74.9. The summed E-state index contributed by atoms with van der Waals surface area (Å²) in [4.78, 5) is 113. The zero-order chi connectivity index (χ0) is 64.9. The van der Waals surface area contributed by atoms with Crippen LogP contribution in [-0.2, 0) is 57.6 Å². The van der Waals surface area contributed by atoms with Gasteiger partial charge in [-0.3, -0.25) is 38.4 Å². The third kappa shape index (κ3) is 28.4. The molecule has 10 atom stereocenters. The third-order valence-electron chi connectivity index (χ3n) is 15.3. The Hall–Kier alpha value is -6.54. The number of nitrogens with one attached hydrogen (secondary N) is 8. The summed E-state index contributed by atoms with van der Waals surface area (Å²) >= 11 is 0. The Bertz CT molecular complexity index is 2760. The van der Waals surface area contributed by atoms with Crippen LogP contribution in [0.3, 0.4) is 0 Å². The molecule has 0 radical (unpaired) electrons. The highest BCUT2D eigenvalue weighted by molar-refractivity contribution is 8.76. The summed E-state index contributed by atoms with van der Waals surface area (Å²) in [5, 5.41) is 59.0. The number of aromatic amines is 1. The monoisotopic (exact) mass is 1270 g/mol.